The topological polar surface area (TPSA) is 45.5 Å². The van der Waals surface area contributed by atoms with Crippen LogP contribution >= 0.6 is 51.2 Å². The number of hydrogen-bond donors (Lipinski definition) is 1. The lowest BCUT2D eigenvalue weighted by Crippen LogP contribution is -2.38. The van der Waals surface area contributed by atoms with Crippen molar-refractivity contribution in [1.29, 1.82) is 0 Å². The molecule has 0 aromatic carbocycles. The van der Waals surface area contributed by atoms with E-state index in [2.05, 4.69) is 53.0 Å². The van der Waals surface area contributed by atoms with E-state index in [9.17, 15) is 0 Å². The molecule has 0 aliphatic rings. The molecule has 1 N–H and O–H groups in total. The molecular formula is C13H19BrIN5S. The normalized spacial score (nSPS) is 11.1. The lowest BCUT2D eigenvalue weighted by Gasteiger charge is -2.22. The Balaban J connectivity index is 0.00000220. The van der Waals surface area contributed by atoms with Gasteiger partial charge in [0.15, 0.2) is 5.96 Å². The molecule has 2 heterocycles. The van der Waals surface area contributed by atoms with Crippen LogP contribution in [0.5, 0.6) is 0 Å². The van der Waals surface area contributed by atoms with Crippen molar-refractivity contribution in [3.8, 4) is 0 Å². The van der Waals surface area contributed by atoms with Crippen LogP contribution in [0.25, 0.3) is 0 Å². The summed E-state index contributed by atoms with van der Waals surface area (Å²) in [6.07, 6.45) is 3.87. The molecule has 5 nitrogen and oxygen atoms in total. The summed E-state index contributed by atoms with van der Waals surface area (Å²) in [6.45, 7) is 1.49. The largest absolute Gasteiger partial charge is 0.352 e. The molecule has 0 saturated heterocycles. The molecule has 116 valence electrons. The second kappa shape index (κ2) is 8.74. The van der Waals surface area contributed by atoms with E-state index in [4.69, 9.17) is 0 Å². The van der Waals surface area contributed by atoms with E-state index in [1.54, 1.807) is 18.4 Å². The molecule has 0 fully saturated rings. The van der Waals surface area contributed by atoms with Crippen LogP contribution in [0, 0.1) is 0 Å². The van der Waals surface area contributed by atoms with Gasteiger partial charge in [-0.15, -0.1) is 35.3 Å². The molecule has 0 aliphatic carbocycles. The number of nitrogens with one attached hydrogen (secondary N) is 1. The Morgan fingerprint density at radius 3 is 2.86 bits per heavy atom. The minimum Gasteiger partial charge on any atom is -0.352 e. The van der Waals surface area contributed by atoms with Crippen LogP contribution < -0.4 is 5.32 Å². The third kappa shape index (κ3) is 5.26. The first-order valence-electron chi connectivity index (χ1n) is 6.21. The molecule has 2 aromatic rings. The molecule has 21 heavy (non-hydrogen) atoms. The predicted molar refractivity (Wildman–Crippen MR) is 102 cm³/mol. The van der Waals surface area contributed by atoms with Crippen molar-refractivity contribution >= 4 is 57.2 Å². The van der Waals surface area contributed by atoms with Gasteiger partial charge in [-0.05, 0) is 22.0 Å². The Labute approximate surface area is 154 Å². The predicted octanol–water partition coefficient (Wildman–Crippen LogP) is 3.07. The van der Waals surface area contributed by atoms with Gasteiger partial charge in [0.25, 0.3) is 0 Å². The van der Waals surface area contributed by atoms with E-state index in [1.165, 1.54) is 5.69 Å². The first-order chi connectivity index (χ1) is 9.60. The van der Waals surface area contributed by atoms with Crippen LogP contribution in [-0.2, 0) is 20.1 Å². The lowest BCUT2D eigenvalue weighted by molar-refractivity contribution is 0.461. The van der Waals surface area contributed by atoms with Gasteiger partial charge in [0, 0.05) is 49.1 Å². The zero-order valence-corrected chi connectivity index (χ0v) is 16.9. The number of aliphatic imine (C=N–C) groups is 1. The molecule has 0 spiro atoms. The molecule has 0 atom stereocenters. The molecule has 0 bridgehead atoms. The minimum atomic E-state index is 0. The van der Waals surface area contributed by atoms with Gasteiger partial charge in [0.1, 0.15) is 5.01 Å². The zero-order chi connectivity index (χ0) is 14.5. The number of nitrogens with zero attached hydrogens (tertiary/aromatic N) is 4. The summed E-state index contributed by atoms with van der Waals surface area (Å²) in [6, 6.07) is 2.12. The average molecular weight is 484 g/mol. The molecule has 0 unspecified atom stereocenters. The Morgan fingerprint density at radius 1 is 1.57 bits per heavy atom. The fraction of sp³-hybridized carbons (Fsp3) is 0.385. The van der Waals surface area contributed by atoms with Crippen LogP contribution in [0.4, 0.5) is 0 Å². The summed E-state index contributed by atoms with van der Waals surface area (Å²) in [4.78, 5) is 10.7. The quantitative estimate of drug-likeness (QED) is 0.413. The maximum Gasteiger partial charge on any atom is 0.194 e. The van der Waals surface area contributed by atoms with E-state index in [-0.39, 0.29) is 24.0 Å². The first-order valence-corrected chi connectivity index (χ1v) is 7.88. The molecule has 2 aromatic heterocycles. The lowest BCUT2D eigenvalue weighted by atomic mass is 10.4. The van der Waals surface area contributed by atoms with E-state index < -0.39 is 0 Å². The van der Waals surface area contributed by atoms with Crippen molar-refractivity contribution in [3.05, 3.63) is 39.0 Å². The highest BCUT2D eigenvalue weighted by Crippen LogP contribution is 2.15. The molecule has 0 saturated carbocycles. The van der Waals surface area contributed by atoms with Crippen LogP contribution in [-0.4, -0.2) is 34.5 Å². The van der Waals surface area contributed by atoms with Gasteiger partial charge in [0.05, 0.1) is 13.1 Å². The number of halogens is 2. The summed E-state index contributed by atoms with van der Waals surface area (Å²) in [7, 11) is 5.86. The smallest absolute Gasteiger partial charge is 0.194 e. The summed E-state index contributed by atoms with van der Waals surface area (Å²) in [5, 5.41) is 6.35. The monoisotopic (exact) mass is 483 g/mol. The number of aryl methyl sites for hydroxylation is 1. The Kier molecular flexibility index (Phi) is 7.67. The average Bonchev–Trinajstić information content (AvgIpc) is 3.01. The van der Waals surface area contributed by atoms with Crippen LogP contribution in [0.15, 0.2) is 33.3 Å². The van der Waals surface area contributed by atoms with E-state index >= 15 is 0 Å². The van der Waals surface area contributed by atoms with Crippen LogP contribution in [0.2, 0.25) is 0 Å². The first kappa shape index (κ1) is 18.4. The van der Waals surface area contributed by atoms with Crippen LogP contribution in [0.3, 0.4) is 0 Å². The minimum absolute atomic E-state index is 0. The van der Waals surface area contributed by atoms with Crippen molar-refractivity contribution in [2.75, 3.05) is 14.1 Å². The Morgan fingerprint density at radius 2 is 2.33 bits per heavy atom. The molecule has 2 rings (SSSR count). The second-order valence-electron chi connectivity index (χ2n) is 4.44. The summed E-state index contributed by atoms with van der Waals surface area (Å²) in [5.74, 6) is 0.859. The molecule has 0 amide bonds. The standard InChI is InChI=1S/C13H18BrN5S.HI/c1-15-13(17-7-12-16-4-5-20-12)19(3)9-11-6-10(14)8-18(11)2;/h4-6,8H,7,9H2,1-3H3,(H,15,17);1H. The van der Waals surface area contributed by atoms with Crippen LogP contribution in [0.1, 0.15) is 10.7 Å². The van der Waals surface area contributed by atoms with E-state index in [0.29, 0.717) is 6.54 Å². The van der Waals surface area contributed by atoms with Crippen molar-refractivity contribution in [3.63, 3.8) is 0 Å². The zero-order valence-electron chi connectivity index (χ0n) is 12.2. The maximum absolute atomic E-state index is 4.31. The third-order valence-electron chi connectivity index (χ3n) is 2.93. The van der Waals surface area contributed by atoms with Crippen molar-refractivity contribution < 1.29 is 0 Å². The second-order valence-corrected chi connectivity index (χ2v) is 6.34. The maximum atomic E-state index is 4.31. The fourth-order valence-corrected chi connectivity index (χ4v) is 3.05. The highest BCUT2D eigenvalue weighted by molar-refractivity contribution is 14.0. The third-order valence-corrected chi connectivity index (χ3v) is 4.14. The molecule has 8 heteroatoms. The number of hydrogen-bond acceptors (Lipinski definition) is 3. The fourth-order valence-electron chi connectivity index (χ4n) is 1.92. The van der Waals surface area contributed by atoms with Gasteiger partial charge in [0.2, 0.25) is 0 Å². The number of aromatic nitrogens is 2. The highest BCUT2D eigenvalue weighted by atomic mass is 127. The van der Waals surface area contributed by atoms with Gasteiger partial charge in [-0.1, -0.05) is 0 Å². The van der Waals surface area contributed by atoms with E-state index in [1.807, 2.05) is 25.7 Å². The van der Waals surface area contributed by atoms with Gasteiger partial charge < -0.3 is 14.8 Å². The van der Waals surface area contributed by atoms with Gasteiger partial charge >= 0.3 is 0 Å². The number of guanidine groups is 1. The van der Waals surface area contributed by atoms with Crippen molar-refractivity contribution in [2.45, 2.75) is 13.1 Å². The van der Waals surface area contributed by atoms with Crippen molar-refractivity contribution in [2.24, 2.45) is 12.0 Å². The molecular weight excluding hydrogens is 465 g/mol. The highest BCUT2D eigenvalue weighted by Gasteiger charge is 2.09. The Hall–Kier alpha value is -0.610. The summed E-state index contributed by atoms with van der Waals surface area (Å²) < 4.78 is 3.20. The SMILES string of the molecule is CN=C(NCc1nccs1)N(C)Cc1cc(Br)cn1C.I. The van der Waals surface area contributed by atoms with Gasteiger partial charge in [-0.2, -0.15) is 0 Å². The Bertz CT molecular complexity index is 581. The molecule has 0 aliphatic heterocycles. The van der Waals surface area contributed by atoms with Gasteiger partial charge in [-0.25, -0.2) is 4.98 Å². The van der Waals surface area contributed by atoms with E-state index in [0.717, 1.165) is 22.0 Å². The van der Waals surface area contributed by atoms with Gasteiger partial charge in [-0.3, -0.25) is 4.99 Å². The van der Waals surface area contributed by atoms with Crippen molar-refractivity contribution in [1.82, 2.24) is 19.8 Å². The number of thiazole rings is 1. The number of rotatable bonds is 4. The molecule has 0 radical (unpaired) electrons. The summed E-state index contributed by atoms with van der Waals surface area (Å²) >= 11 is 5.13. The summed E-state index contributed by atoms with van der Waals surface area (Å²) in [5.41, 5.74) is 1.22.